The molecule has 0 heterocycles. The summed E-state index contributed by atoms with van der Waals surface area (Å²) in [6, 6.07) is 5.74. The van der Waals surface area contributed by atoms with Crippen molar-refractivity contribution in [1.29, 1.82) is 0 Å². The fourth-order valence-corrected chi connectivity index (χ4v) is 2.22. The number of nitrogens with one attached hydrogen (secondary N) is 1. The van der Waals surface area contributed by atoms with Crippen molar-refractivity contribution < 1.29 is 9.84 Å². The largest absolute Gasteiger partial charge is 0.496 e. The molecule has 1 rings (SSSR count). The number of rotatable bonds is 7. The summed E-state index contributed by atoms with van der Waals surface area (Å²) in [5.41, 5.74) is 0.961. The van der Waals surface area contributed by atoms with E-state index in [1.54, 1.807) is 13.2 Å². The molecule has 0 fully saturated rings. The number of hydrogen-bond donors (Lipinski definition) is 2. The third kappa shape index (κ3) is 3.12. The summed E-state index contributed by atoms with van der Waals surface area (Å²) in [7, 11) is 3.48. The summed E-state index contributed by atoms with van der Waals surface area (Å²) in [5.74, 6) is 0.775. The maximum absolute atomic E-state index is 10.7. The first-order valence-electron chi connectivity index (χ1n) is 6.29. The Morgan fingerprint density at radius 3 is 2.72 bits per heavy atom. The van der Waals surface area contributed by atoms with Crippen LogP contribution < -0.4 is 10.1 Å². The van der Waals surface area contributed by atoms with Crippen molar-refractivity contribution in [3.05, 3.63) is 35.9 Å². The van der Waals surface area contributed by atoms with Gasteiger partial charge in [-0.05, 0) is 31.2 Å². The van der Waals surface area contributed by atoms with E-state index in [1.807, 2.05) is 25.2 Å². The molecule has 0 aliphatic carbocycles. The fraction of sp³-hybridized carbons (Fsp3) is 0.467. The van der Waals surface area contributed by atoms with E-state index in [2.05, 4.69) is 18.8 Å². The zero-order valence-electron chi connectivity index (χ0n) is 11.5. The van der Waals surface area contributed by atoms with Crippen molar-refractivity contribution in [2.45, 2.75) is 25.4 Å². The van der Waals surface area contributed by atoms with E-state index in [-0.39, 0.29) is 0 Å². The van der Waals surface area contributed by atoms with Crippen LogP contribution in [0.1, 0.15) is 30.9 Å². The molecule has 2 N–H and O–H groups in total. The quantitative estimate of drug-likeness (QED) is 0.780. The Balaban J connectivity index is 3.16. The number of methoxy groups -OCH3 is 1. The number of likely N-dealkylation sites (N-methyl/N-ethyl adjacent to an activating group) is 1. The van der Waals surface area contributed by atoms with Gasteiger partial charge in [-0.2, -0.15) is 0 Å². The molecule has 0 amide bonds. The molecule has 0 bridgehead atoms. The van der Waals surface area contributed by atoms with Gasteiger partial charge in [-0.3, -0.25) is 0 Å². The molecule has 0 spiro atoms. The van der Waals surface area contributed by atoms with Crippen LogP contribution in [0.5, 0.6) is 5.75 Å². The van der Waals surface area contributed by atoms with Crippen LogP contribution in [0.25, 0.3) is 6.08 Å². The number of benzene rings is 1. The van der Waals surface area contributed by atoms with Crippen LogP contribution in [0.2, 0.25) is 0 Å². The Morgan fingerprint density at radius 2 is 2.22 bits per heavy atom. The summed E-state index contributed by atoms with van der Waals surface area (Å²) in [6.07, 6.45) is 3.39. The van der Waals surface area contributed by atoms with E-state index < -0.39 is 5.60 Å². The smallest absolute Gasteiger partial charge is 0.126 e. The molecule has 1 aromatic rings. The molecule has 100 valence electrons. The second-order valence-electron chi connectivity index (χ2n) is 4.47. The van der Waals surface area contributed by atoms with E-state index in [4.69, 9.17) is 4.74 Å². The van der Waals surface area contributed by atoms with Crippen molar-refractivity contribution >= 4 is 6.08 Å². The first kappa shape index (κ1) is 14.7. The molecule has 3 nitrogen and oxygen atoms in total. The molecule has 0 aromatic heterocycles. The van der Waals surface area contributed by atoms with Gasteiger partial charge in [0, 0.05) is 12.1 Å². The summed E-state index contributed by atoms with van der Waals surface area (Å²) in [5, 5.41) is 13.8. The normalized spacial score (nSPS) is 14.0. The minimum atomic E-state index is -0.840. The highest BCUT2D eigenvalue weighted by atomic mass is 16.5. The van der Waals surface area contributed by atoms with Gasteiger partial charge in [-0.1, -0.05) is 32.1 Å². The zero-order chi connectivity index (χ0) is 13.6. The van der Waals surface area contributed by atoms with Crippen molar-refractivity contribution in [3.63, 3.8) is 0 Å². The van der Waals surface area contributed by atoms with Gasteiger partial charge in [-0.15, -0.1) is 0 Å². The second-order valence-corrected chi connectivity index (χ2v) is 4.47. The SMILES string of the molecule is C=Cc1cc(C(O)(CCC)CNC)ccc1OC. The van der Waals surface area contributed by atoms with Gasteiger partial charge in [0.1, 0.15) is 11.4 Å². The number of hydrogen-bond acceptors (Lipinski definition) is 3. The average molecular weight is 249 g/mol. The minimum absolute atomic E-state index is 0.531. The van der Waals surface area contributed by atoms with E-state index in [0.717, 1.165) is 29.7 Å². The minimum Gasteiger partial charge on any atom is -0.496 e. The Morgan fingerprint density at radius 1 is 1.50 bits per heavy atom. The van der Waals surface area contributed by atoms with E-state index >= 15 is 0 Å². The summed E-state index contributed by atoms with van der Waals surface area (Å²) >= 11 is 0. The number of ether oxygens (including phenoxy) is 1. The molecule has 0 radical (unpaired) electrons. The third-order valence-electron chi connectivity index (χ3n) is 3.12. The van der Waals surface area contributed by atoms with Gasteiger partial charge >= 0.3 is 0 Å². The van der Waals surface area contributed by atoms with Crippen LogP contribution in [0.4, 0.5) is 0 Å². The van der Waals surface area contributed by atoms with Gasteiger partial charge in [0.05, 0.1) is 7.11 Å². The van der Waals surface area contributed by atoms with Gasteiger partial charge in [0.15, 0.2) is 0 Å². The van der Waals surface area contributed by atoms with Crippen molar-refractivity contribution in [2.24, 2.45) is 0 Å². The Labute approximate surface area is 109 Å². The summed E-state index contributed by atoms with van der Waals surface area (Å²) < 4.78 is 5.26. The van der Waals surface area contributed by atoms with E-state index in [9.17, 15) is 5.11 Å². The lowest BCUT2D eigenvalue weighted by atomic mass is 9.88. The monoisotopic (exact) mass is 249 g/mol. The highest BCUT2D eigenvalue weighted by molar-refractivity contribution is 5.57. The summed E-state index contributed by atoms with van der Waals surface area (Å²) in [6.45, 7) is 6.38. The Bertz CT molecular complexity index is 395. The molecule has 1 atom stereocenters. The molecule has 3 heteroatoms. The van der Waals surface area contributed by atoms with E-state index in [1.165, 1.54) is 0 Å². The number of aliphatic hydroxyl groups is 1. The lowest BCUT2D eigenvalue weighted by Crippen LogP contribution is -2.36. The van der Waals surface area contributed by atoms with Crippen LogP contribution in [-0.2, 0) is 5.60 Å². The molecule has 1 unspecified atom stereocenters. The maximum atomic E-state index is 10.7. The van der Waals surface area contributed by atoms with Crippen LogP contribution in [0.15, 0.2) is 24.8 Å². The average Bonchev–Trinajstić information content (AvgIpc) is 2.38. The van der Waals surface area contributed by atoms with Crippen molar-refractivity contribution in [3.8, 4) is 5.75 Å². The standard InChI is InChI=1S/C15H23NO2/c1-5-9-15(17,11-16-3)13-7-8-14(18-4)12(6-2)10-13/h6-8,10,16-17H,2,5,9,11H2,1,3-4H3. The topological polar surface area (TPSA) is 41.5 Å². The molecule has 0 aliphatic rings. The Hall–Kier alpha value is -1.32. The third-order valence-corrected chi connectivity index (χ3v) is 3.12. The lowest BCUT2D eigenvalue weighted by molar-refractivity contribution is 0.0288. The predicted molar refractivity (Wildman–Crippen MR) is 75.8 cm³/mol. The van der Waals surface area contributed by atoms with Crippen LogP contribution in [0.3, 0.4) is 0 Å². The van der Waals surface area contributed by atoms with Gasteiger partial charge < -0.3 is 15.2 Å². The van der Waals surface area contributed by atoms with Crippen molar-refractivity contribution in [1.82, 2.24) is 5.32 Å². The Kier molecular flexibility index (Phi) is 5.38. The predicted octanol–water partition coefficient (Wildman–Crippen LogP) is 2.55. The summed E-state index contributed by atoms with van der Waals surface area (Å²) in [4.78, 5) is 0. The molecule has 0 saturated heterocycles. The first-order chi connectivity index (χ1) is 8.61. The molecular formula is C15H23NO2. The van der Waals surface area contributed by atoms with Crippen LogP contribution in [-0.4, -0.2) is 25.8 Å². The zero-order valence-corrected chi connectivity index (χ0v) is 11.5. The van der Waals surface area contributed by atoms with Crippen molar-refractivity contribution in [2.75, 3.05) is 20.7 Å². The highest BCUT2D eigenvalue weighted by Gasteiger charge is 2.27. The second kappa shape index (κ2) is 6.57. The van der Waals surface area contributed by atoms with Crippen LogP contribution >= 0.6 is 0 Å². The fourth-order valence-electron chi connectivity index (χ4n) is 2.22. The van der Waals surface area contributed by atoms with Crippen LogP contribution in [0, 0.1) is 0 Å². The van der Waals surface area contributed by atoms with Gasteiger partial charge in [-0.25, -0.2) is 0 Å². The lowest BCUT2D eigenvalue weighted by Gasteiger charge is -2.29. The molecule has 0 aliphatic heterocycles. The van der Waals surface area contributed by atoms with E-state index in [0.29, 0.717) is 6.54 Å². The molecule has 1 aromatic carbocycles. The molecule has 0 saturated carbocycles. The van der Waals surface area contributed by atoms with Gasteiger partial charge in [0.2, 0.25) is 0 Å². The molecule has 18 heavy (non-hydrogen) atoms. The highest BCUT2D eigenvalue weighted by Crippen LogP contribution is 2.30. The first-order valence-corrected chi connectivity index (χ1v) is 6.29. The maximum Gasteiger partial charge on any atom is 0.126 e. The molecular weight excluding hydrogens is 226 g/mol. The van der Waals surface area contributed by atoms with Gasteiger partial charge in [0.25, 0.3) is 0 Å².